The average molecular weight is 262 g/mol. The van der Waals surface area contributed by atoms with Gasteiger partial charge in [0.25, 0.3) is 0 Å². The first-order chi connectivity index (χ1) is 8.41. The molecule has 2 rings (SSSR count). The van der Waals surface area contributed by atoms with E-state index in [1.165, 1.54) is 11.3 Å². The third-order valence-corrected chi connectivity index (χ3v) is 3.95. The highest BCUT2D eigenvalue weighted by molar-refractivity contribution is 7.10. The molecule has 0 saturated heterocycles. The zero-order valence-corrected chi connectivity index (χ0v) is 11.0. The molecular weight excluding hydrogens is 248 g/mol. The minimum Gasteiger partial charge on any atom is -0.481 e. The summed E-state index contributed by atoms with van der Waals surface area (Å²) in [5.41, 5.74) is 7.08. The summed E-state index contributed by atoms with van der Waals surface area (Å²) >= 11 is 1.36. The van der Waals surface area contributed by atoms with Crippen molar-refractivity contribution in [3.63, 3.8) is 0 Å². The Kier molecular flexibility index (Phi) is 3.09. The van der Waals surface area contributed by atoms with Gasteiger partial charge in [-0.25, -0.2) is 4.98 Å². The smallest absolute Gasteiger partial charge is 0.316 e. The van der Waals surface area contributed by atoms with Crippen LogP contribution >= 0.6 is 11.3 Å². The lowest BCUT2D eigenvalue weighted by Crippen LogP contribution is -2.28. The van der Waals surface area contributed by atoms with Gasteiger partial charge >= 0.3 is 5.97 Å². The Balaban J connectivity index is 2.37. The first-order valence-electron chi connectivity index (χ1n) is 5.46. The molecule has 0 unspecified atom stereocenters. The molecule has 1 heterocycles. The maximum Gasteiger partial charge on any atom is 0.316 e. The van der Waals surface area contributed by atoms with E-state index < -0.39 is 11.4 Å². The van der Waals surface area contributed by atoms with Crippen molar-refractivity contribution in [3.8, 4) is 11.3 Å². The molecule has 0 bridgehead atoms. The van der Waals surface area contributed by atoms with Crippen molar-refractivity contribution in [3.05, 3.63) is 34.7 Å². The summed E-state index contributed by atoms with van der Waals surface area (Å²) in [4.78, 5) is 15.6. The molecule has 0 radical (unpaired) electrons. The summed E-state index contributed by atoms with van der Waals surface area (Å²) in [6, 6.07) is 7.36. The number of hydrogen-bond acceptors (Lipinski definition) is 4. The van der Waals surface area contributed by atoms with Gasteiger partial charge in [-0.3, -0.25) is 4.79 Å². The molecule has 3 N–H and O–H groups in total. The van der Waals surface area contributed by atoms with Gasteiger partial charge in [0.05, 0.1) is 5.69 Å². The summed E-state index contributed by atoms with van der Waals surface area (Å²) in [7, 11) is 0. The van der Waals surface area contributed by atoms with Crippen molar-refractivity contribution < 1.29 is 9.90 Å². The van der Waals surface area contributed by atoms with Gasteiger partial charge in [-0.2, -0.15) is 0 Å². The number of aliphatic carboxylic acids is 1. The average Bonchev–Trinajstić information content (AvgIpc) is 2.79. The number of nitrogens with zero attached hydrogens (tertiary/aromatic N) is 1. The van der Waals surface area contributed by atoms with Gasteiger partial charge in [0.2, 0.25) is 0 Å². The molecule has 18 heavy (non-hydrogen) atoms. The van der Waals surface area contributed by atoms with E-state index in [4.69, 9.17) is 10.8 Å². The molecule has 0 aliphatic rings. The zero-order chi connectivity index (χ0) is 13.3. The van der Waals surface area contributed by atoms with Gasteiger partial charge in [-0.1, -0.05) is 12.1 Å². The van der Waals surface area contributed by atoms with Crippen LogP contribution in [0, 0.1) is 0 Å². The number of hydrogen-bond donors (Lipinski definition) is 2. The van der Waals surface area contributed by atoms with E-state index in [0.717, 1.165) is 11.3 Å². The summed E-state index contributed by atoms with van der Waals surface area (Å²) in [6.45, 7) is 3.31. The van der Waals surface area contributed by atoms with Crippen molar-refractivity contribution in [1.82, 2.24) is 4.98 Å². The predicted molar refractivity (Wildman–Crippen MR) is 72.6 cm³/mol. The maximum absolute atomic E-state index is 11.2. The largest absolute Gasteiger partial charge is 0.481 e. The second-order valence-electron chi connectivity index (χ2n) is 4.59. The number of carbonyl (C=O) groups is 1. The molecule has 0 aliphatic carbocycles. The van der Waals surface area contributed by atoms with Crippen LogP contribution in [0.1, 0.15) is 18.9 Å². The van der Waals surface area contributed by atoms with Crippen LogP contribution in [0.3, 0.4) is 0 Å². The molecule has 4 nitrogen and oxygen atoms in total. The molecule has 0 fully saturated rings. The van der Waals surface area contributed by atoms with Gasteiger partial charge < -0.3 is 10.8 Å². The van der Waals surface area contributed by atoms with E-state index in [1.807, 2.05) is 17.5 Å². The number of anilines is 1. The lowest BCUT2D eigenvalue weighted by atomic mass is 9.95. The molecule has 2 aromatic rings. The lowest BCUT2D eigenvalue weighted by molar-refractivity contribution is -0.142. The fourth-order valence-electron chi connectivity index (χ4n) is 1.44. The second-order valence-corrected chi connectivity index (χ2v) is 5.45. The fraction of sp³-hybridized carbons (Fsp3) is 0.231. The number of thiazole rings is 1. The van der Waals surface area contributed by atoms with E-state index >= 15 is 0 Å². The normalized spacial score (nSPS) is 11.4. The molecule has 5 heteroatoms. The minimum absolute atomic E-state index is 0.599. The second kappa shape index (κ2) is 4.42. The number of carboxylic acids is 1. The first-order valence-corrected chi connectivity index (χ1v) is 6.34. The van der Waals surface area contributed by atoms with Gasteiger partial charge in [-0.15, -0.1) is 11.3 Å². The Bertz CT molecular complexity index is 573. The van der Waals surface area contributed by atoms with Gasteiger partial charge in [0.1, 0.15) is 10.4 Å². The third-order valence-electron chi connectivity index (χ3n) is 2.78. The summed E-state index contributed by atoms with van der Waals surface area (Å²) < 4.78 is 0. The molecule has 0 aliphatic heterocycles. The van der Waals surface area contributed by atoms with Gasteiger partial charge in [0, 0.05) is 16.6 Å². The summed E-state index contributed by atoms with van der Waals surface area (Å²) in [6.07, 6.45) is 0. The lowest BCUT2D eigenvalue weighted by Gasteiger charge is -2.15. The molecular formula is C13H14N2O2S. The highest BCUT2D eigenvalue weighted by Gasteiger charge is 2.32. The van der Waals surface area contributed by atoms with Gasteiger partial charge in [-0.05, 0) is 26.0 Å². The van der Waals surface area contributed by atoms with Crippen LogP contribution in [-0.2, 0) is 10.2 Å². The Morgan fingerprint density at radius 2 is 1.94 bits per heavy atom. The van der Waals surface area contributed by atoms with Crippen molar-refractivity contribution in [2.75, 3.05) is 5.73 Å². The number of carboxylic acid groups (broad SMARTS) is 1. The van der Waals surface area contributed by atoms with Crippen LogP contribution in [-0.4, -0.2) is 16.1 Å². The third kappa shape index (κ3) is 2.22. The van der Waals surface area contributed by atoms with E-state index in [2.05, 4.69) is 4.98 Å². The number of nitrogen functional groups attached to an aromatic ring is 1. The van der Waals surface area contributed by atoms with E-state index in [-0.39, 0.29) is 0 Å². The molecule has 0 atom stereocenters. The number of aromatic nitrogens is 1. The van der Waals surface area contributed by atoms with Crippen molar-refractivity contribution >= 4 is 23.0 Å². The molecule has 1 aromatic heterocycles. The molecule has 0 spiro atoms. The standard InChI is InChI=1S/C13H14N2O2S/c1-13(2,12(16)17)11-15-10(7-18-11)8-3-5-9(14)6-4-8/h3-7H,14H2,1-2H3,(H,16,17). The number of rotatable bonds is 3. The highest BCUT2D eigenvalue weighted by atomic mass is 32.1. The molecule has 1 aromatic carbocycles. The van der Waals surface area contributed by atoms with Crippen LogP contribution in [0.4, 0.5) is 5.69 Å². The van der Waals surface area contributed by atoms with E-state index in [1.54, 1.807) is 26.0 Å². The van der Waals surface area contributed by atoms with E-state index in [9.17, 15) is 4.79 Å². The molecule has 0 saturated carbocycles. The minimum atomic E-state index is -0.962. The van der Waals surface area contributed by atoms with E-state index in [0.29, 0.717) is 10.7 Å². The van der Waals surface area contributed by atoms with Crippen LogP contribution in [0.5, 0.6) is 0 Å². The first kappa shape index (κ1) is 12.6. The van der Waals surface area contributed by atoms with Crippen molar-refractivity contribution in [1.29, 1.82) is 0 Å². The topological polar surface area (TPSA) is 76.2 Å². The Hall–Kier alpha value is -1.88. The van der Waals surface area contributed by atoms with Crippen LogP contribution in [0.15, 0.2) is 29.6 Å². The summed E-state index contributed by atoms with van der Waals surface area (Å²) in [5, 5.41) is 11.6. The van der Waals surface area contributed by atoms with Crippen LogP contribution in [0.2, 0.25) is 0 Å². The highest BCUT2D eigenvalue weighted by Crippen LogP contribution is 2.30. The molecule has 0 amide bonds. The Morgan fingerprint density at radius 1 is 1.33 bits per heavy atom. The van der Waals surface area contributed by atoms with Crippen molar-refractivity contribution in [2.24, 2.45) is 0 Å². The van der Waals surface area contributed by atoms with Crippen LogP contribution in [0.25, 0.3) is 11.3 Å². The fourth-order valence-corrected chi connectivity index (χ4v) is 2.38. The quantitative estimate of drug-likeness (QED) is 0.834. The molecule has 94 valence electrons. The maximum atomic E-state index is 11.2. The Morgan fingerprint density at radius 3 is 2.50 bits per heavy atom. The van der Waals surface area contributed by atoms with Crippen LogP contribution < -0.4 is 5.73 Å². The number of benzene rings is 1. The Labute approximate surface area is 109 Å². The van der Waals surface area contributed by atoms with Crippen molar-refractivity contribution in [2.45, 2.75) is 19.3 Å². The number of nitrogens with two attached hydrogens (primary N) is 1. The van der Waals surface area contributed by atoms with Gasteiger partial charge in [0.15, 0.2) is 0 Å². The summed E-state index contributed by atoms with van der Waals surface area (Å²) in [5.74, 6) is -0.874. The predicted octanol–water partition coefficient (Wildman–Crippen LogP) is 2.75. The SMILES string of the molecule is CC(C)(C(=O)O)c1nc(-c2ccc(N)cc2)cs1. The zero-order valence-electron chi connectivity index (χ0n) is 10.2. The monoisotopic (exact) mass is 262 g/mol.